The molecule has 0 aliphatic rings. The lowest BCUT2D eigenvalue weighted by Gasteiger charge is -2.06. The number of hydrogen-bond acceptors (Lipinski definition) is 4. The number of benzene rings is 2. The summed E-state index contributed by atoms with van der Waals surface area (Å²) in [7, 11) is 0. The van der Waals surface area contributed by atoms with Crippen molar-refractivity contribution >= 4 is 17.1 Å². The van der Waals surface area contributed by atoms with Crippen LogP contribution in [0.15, 0.2) is 42.5 Å². The molecule has 0 amide bonds. The van der Waals surface area contributed by atoms with Gasteiger partial charge in [-0.1, -0.05) is 30.3 Å². The van der Waals surface area contributed by atoms with Gasteiger partial charge in [0.25, 0.3) is 5.69 Å². The standard InChI is InChI=1S/C12H11N3O2/c13-10-6-9(8-4-2-1-3-5-8)7-11(12(10)14)15(16)17/h1-7H,13-14H2. The number of hydrogen-bond donors (Lipinski definition) is 2. The van der Waals surface area contributed by atoms with Crippen LogP contribution in [0, 0.1) is 10.1 Å². The predicted molar refractivity (Wildman–Crippen MR) is 67.4 cm³/mol. The quantitative estimate of drug-likeness (QED) is 0.469. The molecule has 0 aliphatic carbocycles. The topological polar surface area (TPSA) is 95.2 Å². The van der Waals surface area contributed by atoms with Gasteiger partial charge in [0.1, 0.15) is 5.69 Å². The molecule has 0 fully saturated rings. The lowest BCUT2D eigenvalue weighted by atomic mass is 10.0. The molecule has 0 unspecified atom stereocenters. The first-order chi connectivity index (χ1) is 8.09. The number of anilines is 2. The minimum Gasteiger partial charge on any atom is -0.397 e. The highest BCUT2D eigenvalue weighted by Gasteiger charge is 2.16. The Labute approximate surface area is 97.8 Å². The summed E-state index contributed by atoms with van der Waals surface area (Å²) in [5, 5.41) is 10.8. The Kier molecular flexibility index (Phi) is 2.66. The second-order valence-electron chi connectivity index (χ2n) is 3.62. The van der Waals surface area contributed by atoms with Crippen LogP contribution in [0.5, 0.6) is 0 Å². The Balaban J connectivity index is 2.61. The van der Waals surface area contributed by atoms with E-state index in [1.54, 1.807) is 6.07 Å². The van der Waals surface area contributed by atoms with Crippen molar-refractivity contribution in [2.45, 2.75) is 0 Å². The van der Waals surface area contributed by atoms with Crippen LogP contribution < -0.4 is 11.5 Å². The van der Waals surface area contributed by atoms with Gasteiger partial charge in [-0.05, 0) is 17.2 Å². The van der Waals surface area contributed by atoms with E-state index in [1.807, 2.05) is 30.3 Å². The molecule has 4 N–H and O–H groups in total. The lowest BCUT2D eigenvalue weighted by molar-refractivity contribution is -0.383. The second kappa shape index (κ2) is 4.13. The van der Waals surface area contributed by atoms with Gasteiger partial charge in [-0.25, -0.2) is 0 Å². The highest BCUT2D eigenvalue weighted by molar-refractivity contribution is 5.82. The number of nitro benzene ring substituents is 1. The first kappa shape index (κ1) is 10.9. The van der Waals surface area contributed by atoms with E-state index in [-0.39, 0.29) is 17.1 Å². The maximum absolute atomic E-state index is 10.8. The fraction of sp³-hybridized carbons (Fsp3) is 0. The molecule has 0 saturated carbocycles. The van der Waals surface area contributed by atoms with E-state index >= 15 is 0 Å². The fourth-order valence-corrected chi connectivity index (χ4v) is 1.61. The maximum atomic E-state index is 10.8. The highest BCUT2D eigenvalue weighted by atomic mass is 16.6. The summed E-state index contributed by atoms with van der Waals surface area (Å²) in [6.45, 7) is 0. The van der Waals surface area contributed by atoms with Crippen LogP contribution in [-0.4, -0.2) is 4.92 Å². The highest BCUT2D eigenvalue weighted by Crippen LogP contribution is 2.33. The SMILES string of the molecule is Nc1cc(-c2ccccc2)cc([N+](=O)[O-])c1N. The third-order valence-electron chi connectivity index (χ3n) is 2.49. The van der Waals surface area contributed by atoms with Crippen LogP contribution in [0.3, 0.4) is 0 Å². The fourth-order valence-electron chi connectivity index (χ4n) is 1.61. The van der Waals surface area contributed by atoms with Gasteiger partial charge in [-0.2, -0.15) is 0 Å². The second-order valence-corrected chi connectivity index (χ2v) is 3.62. The average molecular weight is 229 g/mol. The molecule has 0 aliphatic heterocycles. The smallest absolute Gasteiger partial charge is 0.294 e. The number of nitrogens with zero attached hydrogens (tertiary/aromatic N) is 1. The van der Waals surface area contributed by atoms with E-state index in [0.29, 0.717) is 5.56 Å². The zero-order valence-corrected chi connectivity index (χ0v) is 8.96. The van der Waals surface area contributed by atoms with E-state index in [0.717, 1.165) is 5.56 Å². The lowest BCUT2D eigenvalue weighted by Crippen LogP contribution is -2.01. The van der Waals surface area contributed by atoms with Crippen molar-refractivity contribution in [3.8, 4) is 11.1 Å². The van der Waals surface area contributed by atoms with Gasteiger partial charge < -0.3 is 11.5 Å². The summed E-state index contributed by atoms with van der Waals surface area (Å²) in [5.41, 5.74) is 12.8. The molecule has 17 heavy (non-hydrogen) atoms. The monoisotopic (exact) mass is 229 g/mol. The van der Waals surface area contributed by atoms with Gasteiger partial charge in [-0.3, -0.25) is 10.1 Å². The van der Waals surface area contributed by atoms with Gasteiger partial charge in [0.2, 0.25) is 0 Å². The van der Waals surface area contributed by atoms with Gasteiger partial charge in [-0.15, -0.1) is 0 Å². The largest absolute Gasteiger partial charge is 0.397 e. The van der Waals surface area contributed by atoms with E-state index < -0.39 is 4.92 Å². The Morgan fingerprint density at radius 2 is 1.65 bits per heavy atom. The van der Waals surface area contributed by atoms with Gasteiger partial charge in [0.05, 0.1) is 10.6 Å². The summed E-state index contributed by atoms with van der Waals surface area (Å²) in [6.07, 6.45) is 0. The van der Waals surface area contributed by atoms with E-state index in [1.165, 1.54) is 6.07 Å². The number of rotatable bonds is 2. The molecule has 5 heteroatoms. The molecule has 2 aromatic rings. The molecule has 0 radical (unpaired) electrons. The Morgan fingerprint density at radius 1 is 1.00 bits per heavy atom. The summed E-state index contributed by atoms with van der Waals surface area (Å²) in [6, 6.07) is 12.4. The van der Waals surface area contributed by atoms with Crippen molar-refractivity contribution in [3.63, 3.8) is 0 Å². The van der Waals surface area contributed by atoms with E-state index in [2.05, 4.69) is 0 Å². The molecule has 0 bridgehead atoms. The summed E-state index contributed by atoms with van der Waals surface area (Å²) < 4.78 is 0. The number of nitro groups is 1. The van der Waals surface area contributed by atoms with Crippen LogP contribution in [0.1, 0.15) is 0 Å². The number of nitrogens with two attached hydrogens (primary N) is 2. The third kappa shape index (κ3) is 2.03. The Morgan fingerprint density at radius 3 is 2.24 bits per heavy atom. The van der Waals surface area contributed by atoms with Crippen molar-refractivity contribution < 1.29 is 4.92 Å². The average Bonchev–Trinajstić information content (AvgIpc) is 2.33. The van der Waals surface area contributed by atoms with Gasteiger partial charge in [0.15, 0.2) is 0 Å². The molecule has 0 heterocycles. The van der Waals surface area contributed by atoms with Crippen LogP contribution in [0.25, 0.3) is 11.1 Å². The molecule has 0 spiro atoms. The summed E-state index contributed by atoms with van der Waals surface area (Å²) >= 11 is 0. The normalized spacial score (nSPS) is 10.1. The van der Waals surface area contributed by atoms with Gasteiger partial charge in [0, 0.05) is 6.07 Å². The Bertz CT molecular complexity index is 567. The molecular formula is C12H11N3O2. The predicted octanol–water partition coefficient (Wildman–Crippen LogP) is 2.43. The molecule has 0 atom stereocenters. The third-order valence-corrected chi connectivity index (χ3v) is 2.49. The zero-order valence-electron chi connectivity index (χ0n) is 8.96. The molecule has 86 valence electrons. The molecule has 0 saturated heterocycles. The van der Waals surface area contributed by atoms with Crippen molar-refractivity contribution in [3.05, 3.63) is 52.6 Å². The molecular weight excluding hydrogens is 218 g/mol. The van der Waals surface area contributed by atoms with E-state index in [9.17, 15) is 10.1 Å². The zero-order chi connectivity index (χ0) is 12.4. The minimum absolute atomic E-state index is 0.00896. The minimum atomic E-state index is -0.530. The van der Waals surface area contributed by atoms with Crippen molar-refractivity contribution in [1.82, 2.24) is 0 Å². The van der Waals surface area contributed by atoms with Crippen molar-refractivity contribution in [1.29, 1.82) is 0 Å². The van der Waals surface area contributed by atoms with Crippen LogP contribution in [0.4, 0.5) is 17.1 Å². The first-order valence-corrected chi connectivity index (χ1v) is 4.98. The van der Waals surface area contributed by atoms with Crippen molar-refractivity contribution in [2.24, 2.45) is 0 Å². The van der Waals surface area contributed by atoms with Gasteiger partial charge >= 0.3 is 0 Å². The molecule has 2 rings (SSSR count). The van der Waals surface area contributed by atoms with Crippen LogP contribution in [-0.2, 0) is 0 Å². The van der Waals surface area contributed by atoms with E-state index in [4.69, 9.17) is 11.5 Å². The number of nitrogen functional groups attached to an aromatic ring is 2. The molecule has 0 aromatic heterocycles. The van der Waals surface area contributed by atoms with Crippen LogP contribution >= 0.6 is 0 Å². The first-order valence-electron chi connectivity index (χ1n) is 4.98. The molecule has 2 aromatic carbocycles. The maximum Gasteiger partial charge on any atom is 0.294 e. The summed E-state index contributed by atoms with van der Waals surface area (Å²) in [5.74, 6) is 0. The van der Waals surface area contributed by atoms with Crippen LogP contribution in [0.2, 0.25) is 0 Å². The Hall–Kier alpha value is -2.56. The molecule has 5 nitrogen and oxygen atoms in total. The van der Waals surface area contributed by atoms with Crippen molar-refractivity contribution in [2.75, 3.05) is 11.5 Å². The summed E-state index contributed by atoms with van der Waals surface area (Å²) in [4.78, 5) is 10.3.